The first kappa shape index (κ1) is 14.9. The van der Waals surface area contributed by atoms with Crippen LogP contribution < -0.4 is 20.9 Å². The molecule has 6 nitrogen and oxygen atoms in total. The van der Waals surface area contributed by atoms with E-state index in [9.17, 15) is 0 Å². The third-order valence-corrected chi connectivity index (χ3v) is 3.11. The van der Waals surface area contributed by atoms with Crippen molar-refractivity contribution in [1.82, 2.24) is 9.97 Å². The lowest BCUT2D eigenvalue weighted by Gasteiger charge is -2.17. The molecule has 112 valence electrons. The molecule has 0 aliphatic carbocycles. The molecule has 0 atom stereocenters. The molecule has 21 heavy (non-hydrogen) atoms. The Bertz CT molecular complexity index is 656. The van der Waals surface area contributed by atoms with Gasteiger partial charge < -0.3 is 20.9 Å². The average molecular weight is 288 g/mol. The third-order valence-electron chi connectivity index (χ3n) is 3.11. The molecule has 1 aromatic carbocycles. The number of aryl methyl sites for hydroxylation is 1. The number of methoxy groups -OCH3 is 1. The summed E-state index contributed by atoms with van der Waals surface area (Å²) in [6.07, 6.45) is 1.56. The Kier molecular flexibility index (Phi) is 4.16. The van der Waals surface area contributed by atoms with Gasteiger partial charge in [0.25, 0.3) is 0 Å². The van der Waals surface area contributed by atoms with Gasteiger partial charge in [-0.05, 0) is 18.9 Å². The number of anilines is 2. The molecule has 4 N–H and O–H groups in total. The first-order valence-electron chi connectivity index (χ1n) is 6.66. The van der Waals surface area contributed by atoms with Crippen LogP contribution in [0, 0.1) is 6.92 Å². The minimum atomic E-state index is 0.238. The van der Waals surface area contributed by atoms with Crippen LogP contribution in [-0.4, -0.2) is 17.1 Å². The van der Waals surface area contributed by atoms with Gasteiger partial charge in [0.15, 0.2) is 11.6 Å². The van der Waals surface area contributed by atoms with E-state index >= 15 is 0 Å². The number of aromatic nitrogens is 2. The fourth-order valence-electron chi connectivity index (χ4n) is 1.98. The molecule has 0 radical (unpaired) electrons. The number of hydrogen-bond donors (Lipinski definition) is 2. The summed E-state index contributed by atoms with van der Waals surface area (Å²) in [4.78, 5) is 8.18. The zero-order chi connectivity index (χ0) is 15.6. The summed E-state index contributed by atoms with van der Waals surface area (Å²) >= 11 is 0. The quantitative estimate of drug-likeness (QED) is 0.840. The van der Waals surface area contributed by atoms with Gasteiger partial charge in [-0.1, -0.05) is 13.8 Å². The Hall–Kier alpha value is -2.50. The molecule has 1 aromatic heterocycles. The van der Waals surface area contributed by atoms with Crippen molar-refractivity contribution in [2.75, 3.05) is 18.6 Å². The molecule has 6 heteroatoms. The number of hydrogen-bond acceptors (Lipinski definition) is 6. The van der Waals surface area contributed by atoms with Gasteiger partial charge >= 0.3 is 0 Å². The number of nitrogens with two attached hydrogens (primary N) is 2. The van der Waals surface area contributed by atoms with Gasteiger partial charge in [0.2, 0.25) is 0 Å². The number of nitrogen functional groups attached to an aromatic ring is 2. The van der Waals surface area contributed by atoms with Crippen LogP contribution in [0.25, 0.3) is 0 Å². The molecule has 0 aliphatic heterocycles. The van der Waals surface area contributed by atoms with E-state index in [-0.39, 0.29) is 5.92 Å². The van der Waals surface area contributed by atoms with Gasteiger partial charge in [-0.2, -0.15) is 0 Å². The van der Waals surface area contributed by atoms with Gasteiger partial charge in [0.1, 0.15) is 17.3 Å². The van der Waals surface area contributed by atoms with Crippen LogP contribution >= 0.6 is 0 Å². The Balaban J connectivity index is 2.45. The Morgan fingerprint density at radius 3 is 2.38 bits per heavy atom. The van der Waals surface area contributed by atoms with Crippen molar-refractivity contribution < 1.29 is 9.47 Å². The minimum absolute atomic E-state index is 0.238. The van der Waals surface area contributed by atoms with Crippen LogP contribution in [0.4, 0.5) is 11.5 Å². The minimum Gasteiger partial charge on any atom is -0.495 e. The molecule has 0 saturated carbocycles. The van der Waals surface area contributed by atoms with Crippen LogP contribution in [-0.2, 0) is 0 Å². The van der Waals surface area contributed by atoms with Gasteiger partial charge in [-0.3, -0.25) is 0 Å². The molecule has 2 aromatic rings. The summed E-state index contributed by atoms with van der Waals surface area (Å²) in [6, 6.07) is 3.61. The van der Waals surface area contributed by atoms with Crippen LogP contribution in [0.2, 0.25) is 0 Å². The van der Waals surface area contributed by atoms with Gasteiger partial charge in [-0.15, -0.1) is 0 Å². The maximum absolute atomic E-state index is 5.95. The third kappa shape index (κ3) is 3.16. The zero-order valence-corrected chi connectivity index (χ0v) is 12.7. The second-order valence-electron chi connectivity index (χ2n) is 5.06. The first-order chi connectivity index (χ1) is 9.92. The van der Waals surface area contributed by atoms with Crippen molar-refractivity contribution in [1.29, 1.82) is 0 Å². The molecular weight excluding hydrogens is 268 g/mol. The van der Waals surface area contributed by atoms with Crippen molar-refractivity contribution in [2.24, 2.45) is 0 Å². The van der Waals surface area contributed by atoms with E-state index in [4.69, 9.17) is 20.9 Å². The van der Waals surface area contributed by atoms with Crippen molar-refractivity contribution >= 4 is 11.5 Å². The maximum Gasteiger partial charge on any atom is 0.187 e. The van der Waals surface area contributed by atoms with Crippen molar-refractivity contribution in [3.63, 3.8) is 0 Å². The van der Waals surface area contributed by atoms with E-state index in [1.165, 1.54) is 0 Å². The summed E-state index contributed by atoms with van der Waals surface area (Å²) in [7, 11) is 1.59. The molecule has 2 rings (SSSR count). The van der Waals surface area contributed by atoms with Crippen molar-refractivity contribution in [2.45, 2.75) is 26.7 Å². The monoisotopic (exact) mass is 288 g/mol. The number of nitrogens with zero attached hydrogens (tertiary/aromatic N) is 2. The van der Waals surface area contributed by atoms with Crippen LogP contribution in [0.3, 0.4) is 0 Å². The largest absolute Gasteiger partial charge is 0.495 e. The summed E-state index contributed by atoms with van der Waals surface area (Å²) in [5, 5.41) is 0. The van der Waals surface area contributed by atoms with Gasteiger partial charge in [-0.25, -0.2) is 9.97 Å². The fourth-order valence-corrected chi connectivity index (χ4v) is 1.98. The van der Waals surface area contributed by atoms with E-state index < -0.39 is 0 Å². The Labute approximate surface area is 124 Å². The zero-order valence-electron chi connectivity index (χ0n) is 12.7. The topological polar surface area (TPSA) is 96.3 Å². The lowest BCUT2D eigenvalue weighted by molar-refractivity contribution is 0.413. The van der Waals surface area contributed by atoms with Crippen LogP contribution in [0.5, 0.6) is 17.2 Å². The smallest absolute Gasteiger partial charge is 0.187 e. The molecule has 1 heterocycles. The molecule has 0 bridgehead atoms. The number of ether oxygens (including phenoxy) is 2. The SMILES string of the molecule is COc1cc(C(C)C)c(Oc2cnc(C)nc2N)cc1N. The van der Waals surface area contributed by atoms with E-state index in [0.717, 1.165) is 5.56 Å². The number of rotatable bonds is 4. The van der Waals surface area contributed by atoms with Gasteiger partial charge in [0, 0.05) is 11.6 Å². The molecule has 0 amide bonds. The predicted molar refractivity (Wildman–Crippen MR) is 82.8 cm³/mol. The average Bonchev–Trinajstić information content (AvgIpc) is 2.41. The highest BCUT2D eigenvalue weighted by Crippen LogP contribution is 2.38. The van der Waals surface area contributed by atoms with E-state index in [1.54, 1.807) is 26.3 Å². The maximum atomic E-state index is 5.95. The molecule has 0 saturated heterocycles. The summed E-state index contributed by atoms with van der Waals surface area (Å²) < 4.78 is 11.1. The van der Waals surface area contributed by atoms with Crippen LogP contribution in [0.15, 0.2) is 18.3 Å². The highest BCUT2D eigenvalue weighted by Gasteiger charge is 2.15. The van der Waals surface area contributed by atoms with Crippen molar-refractivity contribution in [3.05, 3.63) is 29.7 Å². The lowest BCUT2D eigenvalue weighted by atomic mass is 10.0. The number of benzene rings is 1. The summed E-state index contributed by atoms with van der Waals surface area (Å²) in [6.45, 7) is 5.89. The Morgan fingerprint density at radius 2 is 1.81 bits per heavy atom. The summed E-state index contributed by atoms with van der Waals surface area (Å²) in [5.41, 5.74) is 13.3. The van der Waals surface area contributed by atoms with E-state index in [0.29, 0.717) is 34.6 Å². The first-order valence-corrected chi connectivity index (χ1v) is 6.66. The van der Waals surface area contributed by atoms with Gasteiger partial charge in [0.05, 0.1) is 19.0 Å². The second-order valence-corrected chi connectivity index (χ2v) is 5.06. The molecule has 0 fully saturated rings. The Morgan fingerprint density at radius 1 is 1.10 bits per heavy atom. The van der Waals surface area contributed by atoms with E-state index in [2.05, 4.69) is 23.8 Å². The molecule has 0 spiro atoms. The van der Waals surface area contributed by atoms with E-state index in [1.807, 2.05) is 6.07 Å². The van der Waals surface area contributed by atoms with Crippen molar-refractivity contribution in [3.8, 4) is 17.2 Å². The van der Waals surface area contributed by atoms with Crippen LogP contribution in [0.1, 0.15) is 31.2 Å². The second kappa shape index (κ2) is 5.87. The fraction of sp³-hybridized carbons (Fsp3) is 0.333. The molecule has 0 aliphatic rings. The highest BCUT2D eigenvalue weighted by molar-refractivity contribution is 5.61. The summed E-state index contributed by atoms with van der Waals surface area (Å²) in [5.74, 6) is 2.79. The lowest BCUT2D eigenvalue weighted by Crippen LogP contribution is -2.02. The standard InChI is InChI=1S/C15H20N4O2/c1-8(2)10-5-13(20-4)11(16)6-12(10)21-14-7-18-9(3)19-15(14)17/h5-8H,16H2,1-4H3,(H2,17,18,19). The predicted octanol–water partition coefficient (Wildman–Crippen LogP) is 2.87. The molecular formula is C15H20N4O2. The highest BCUT2D eigenvalue weighted by atomic mass is 16.5. The normalized spacial score (nSPS) is 10.7. The molecule has 0 unspecified atom stereocenters.